The number of nitrogens with zero attached hydrogens (tertiary/aromatic N) is 2. The van der Waals surface area contributed by atoms with E-state index in [1.54, 1.807) is 0 Å². The van der Waals surface area contributed by atoms with Crippen molar-refractivity contribution in [2.24, 2.45) is 0 Å². The fourth-order valence-corrected chi connectivity index (χ4v) is 3.25. The molecule has 2 aliphatic heterocycles. The van der Waals surface area contributed by atoms with Crippen molar-refractivity contribution < 1.29 is 4.79 Å². The van der Waals surface area contributed by atoms with Gasteiger partial charge in [0.2, 0.25) is 5.91 Å². The first kappa shape index (κ1) is 20.0. The van der Waals surface area contributed by atoms with Crippen LogP contribution >= 0.6 is 24.8 Å². The predicted molar refractivity (Wildman–Crippen MR) is 88.0 cm³/mol. The van der Waals surface area contributed by atoms with Gasteiger partial charge in [0.25, 0.3) is 0 Å². The summed E-state index contributed by atoms with van der Waals surface area (Å²) in [6.07, 6.45) is 5.92. The summed E-state index contributed by atoms with van der Waals surface area (Å²) in [5.41, 5.74) is 0. The number of rotatable bonds is 4. The number of nitrogens with one attached hydrogen (secondary N) is 1. The Morgan fingerprint density at radius 1 is 1.25 bits per heavy atom. The van der Waals surface area contributed by atoms with Crippen LogP contribution in [-0.2, 0) is 4.79 Å². The van der Waals surface area contributed by atoms with E-state index in [0.717, 1.165) is 26.1 Å². The Bertz CT molecular complexity index is 286. The highest BCUT2D eigenvalue weighted by Crippen LogP contribution is 2.18. The number of halogens is 2. The average molecular weight is 326 g/mol. The quantitative estimate of drug-likeness (QED) is 0.857. The van der Waals surface area contributed by atoms with E-state index in [9.17, 15) is 4.79 Å². The van der Waals surface area contributed by atoms with E-state index in [0.29, 0.717) is 6.04 Å². The molecule has 0 spiro atoms. The molecule has 1 amide bonds. The summed E-state index contributed by atoms with van der Waals surface area (Å²) in [5.74, 6) is 0.289. The molecular formula is C14H29Cl2N3O. The average Bonchev–Trinajstić information content (AvgIpc) is 2.86. The van der Waals surface area contributed by atoms with Gasteiger partial charge in [0.1, 0.15) is 0 Å². The molecule has 2 saturated heterocycles. The van der Waals surface area contributed by atoms with Gasteiger partial charge in [0.15, 0.2) is 0 Å². The number of amides is 1. The lowest BCUT2D eigenvalue weighted by Crippen LogP contribution is -2.50. The molecule has 0 radical (unpaired) electrons. The van der Waals surface area contributed by atoms with Crippen LogP contribution in [0.4, 0.5) is 0 Å². The molecule has 1 N–H and O–H groups in total. The Balaban J connectivity index is 0.00000180. The Morgan fingerprint density at radius 2 is 2.00 bits per heavy atom. The molecular weight excluding hydrogens is 297 g/mol. The monoisotopic (exact) mass is 325 g/mol. The Labute approximate surface area is 135 Å². The van der Waals surface area contributed by atoms with E-state index in [1.165, 1.54) is 32.2 Å². The first-order valence-electron chi connectivity index (χ1n) is 7.44. The molecule has 2 atom stereocenters. The maximum absolute atomic E-state index is 12.3. The van der Waals surface area contributed by atoms with Gasteiger partial charge in [-0.15, -0.1) is 24.8 Å². The van der Waals surface area contributed by atoms with E-state index in [2.05, 4.69) is 17.1 Å². The molecule has 2 heterocycles. The zero-order chi connectivity index (χ0) is 13.0. The highest BCUT2D eigenvalue weighted by atomic mass is 35.5. The topological polar surface area (TPSA) is 35.6 Å². The Hall–Kier alpha value is -0.0300. The summed E-state index contributed by atoms with van der Waals surface area (Å²) >= 11 is 0. The van der Waals surface area contributed by atoms with Crippen LogP contribution in [0.2, 0.25) is 0 Å². The molecule has 0 saturated carbocycles. The van der Waals surface area contributed by atoms with E-state index < -0.39 is 0 Å². The number of carbonyl (C=O) groups is 1. The SMILES string of the molecule is CCN1CCCC1CN(C)C(=O)[C@@H]1CCCCN1.Cl.Cl. The van der Waals surface area contributed by atoms with Crippen LogP contribution in [0.5, 0.6) is 0 Å². The lowest BCUT2D eigenvalue weighted by molar-refractivity contribution is -0.133. The Morgan fingerprint density at radius 3 is 2.60 bits per heavy atom. The molecule has 2 fully saturated rings. The number of piperidine rings is 1. The zero-order valence-corrected chi connectivity index (χ0v) is 14.3. The largest absolute Gasteiger partial charge is 0.343 e. The van der Waals surface area contributed by atoms with Crippen LogP contribution in [0.25, 0.3) is 0 Å². The third-order valence-corrected chi connectivity index (χ3v) is 4.37. The highest BCUT2D eigenvalue weighted by Gasteiger charge is 2.28. The summed E-state index contributed by atoms with van der Waals surface area (Å²) < 4.78 is 0. The summed E-state index contributed by atoms with van der Waals surface area (Å²) in [5, 5.41) is 3.35. The van der Waals surface area contributed by atoms with E-state index in [1.807, 2.05) is 11.9 Å². The molecule has 2 aliphatic rings. The smallest absolute Gasteiger partial charge is 0.239 e. The fraction of sp³-hybridized carbons (Fsp3) is 0.929. The summed E-state index contributed by atoms with van der Waals surface area (Å²) in [6.45, 7) is 6.40. The second-order valence-electron chi connectivity index (χ2n) is 5.65. The summed E-state index contributed by atoms with van der Waals surface area (Å²) in [4.78, 5) is 16.8. The molecule has 1 unspecified atom stereocenters. The maximum atomic E-state index is 12.3. The lowest BCUT2D eigenvalue weighted by Gasteiger charge is -2.31. The first-order chi connectivity index (χ1) is 8.72. The van der Waals surface area contributed by atoms with Crippen LogP contribution in [-0.4, -0.2) is 61.0 Å². The zero-order valence-electron chi connectivity index (χ0n) is 12.6. The summed E-state index contributed by atoms with van der Waals surface area (Å²) in [7, 11) is 1.96. The number of likely N-dealkylation sites (tertiary alicyclic amines) is 1. The lowest BCUT2D eigenvalue weighted by atomic mass is 10.0. The van der Waals surface area contributed by atoms with Crippen molar-refractivity contribution in [1.82, 2.24) is 15.1 Å². The molecule has 0 aromatic heterocycles. The van der Waals surface area contributed by atoms with Crippen molar-refractivity contribution in [2.45, 2.75) is 51.1 Å². The van der Waals surface area contributed by atoms with Gasteiger partial charge in [-0.3, -0.25) is 9.69 Å². The van der Waals surface area contributed by atoms with Gasteiger partial charge < -0.3 is 10.2 Å². The minimum absolute atomic E-state index is 0. The van der Waals surface area contributed by atoms with Crippen molar-refractivity contribution in [3.8, 4) is 0 Å². The maximum Gasteiger partial charge on any atom is 0.239 e. The van der Waals surface area contributed by atoms with Crippen LogP contribution < -0.4 is 5.32 Å². The van der Waals surface area contributed by atoms with Crippen LogP contribution in [0.15, 0.2) is 0 Å². The molecule has 6 heteroatoms. The molecule has 0 aromatic carbocycles. The predicted octanol–water partition coefficient (Wildman–Crippen LogP) is 1.91. The molecule has 120 valence electrons. The Kier molecular flexibility index (Phi) is 9.81. The standard InChI is InChI=1S/C14H27N3O.2ClH/c1-3-17-10-6-7-12(17)11-16(2)14(18)13-8-4-5-9-15-13;;/h12-13,15H,3-11H2,1-2H3;2*1H/t12?,13-;;/m0../s1. The number of hydrogen-bond donors (Lipinski definition) is 1. The number of hydrogen-bond acceptors (Lipinski definition) is 3. The van der Waals surface area contributed by atoms with Crippen LogP contribution in [0.3, 0.4) is 0 Å². The van der Waals surface area contributed by atoms with Gasteiger partial charge in [-0.2, -0.15) is 0 Å². The van der Waals surface area contributed by atoms with Gasteiger partial charge in [0.05, 0.1) is 6.04 Å². The van der Waals surface area contributed by atoms with E-state index in [-0.39, 0.29) is 36.8 Å². The molecule has 0 aromatic rings. The van der Waals surface area contributed by atoms with Gasteiger partial charge >= 0.3 is 0 Å². The van der Waals surface area contributed by atoms with Gasteiger partial charge in [0, 0.05) is 19.6 Å². The third kappa shape index (κ3) is 5.06. The third-order valence-electron chi connectivity index (χ3n) is 4.37. The van der Waals surface area contributed by atoms with Crippen LogP contribution in [0, 0.1) is 0 Å². The van der Waals surface area contributed by atoms with Crippen molar-refractivity contribution in [3.63, 3.8) is 0 Å². The first-order valence-corrected chi connectivity index (χ1v) is 7.44. The fourth-order valence-electron chi connectivity index (χ4n) is 3.25. The molecule has 0 bridgehead atoms. The number of carbonyl (C=O) groups excluding carboxylic acids is 1. The van der Waals surface area contributed by atoms with E-state index >= 15 is 0 Å². The van der Waals surface area contributed by atoms with Crippen molar-refractivity contribution in [1.29, 1.82) is 0 Å². The van der Waals surface area contributed by atoms with Gasteiger partial charge in [-0.1, -0.05) is 13.3 Å². The molecule has 4 nitrogen and oxygen atoms in total. The van der Waals surface area contributed by atoms with Crippen molar-refractivity contribution >= 4 is 30.7 Å². The van der Waals surface area contributed by atoms with Crippen molar-refractivity contribution in [3.05, 3.63) is 0 Å². The van der Waals surface area contributed by atoms with Gasteiger partial charge in [-0.05, 0) is 45.3 Å². The normalized spacial score (nSPS) is 26.5. The minimum Gasteiger partial charge on any atom is -0.343 e. The molecule has 20 heavy (non-hydrogen) atoms. The molecule has 0 aliphatic carbocycles. The van der Waals surface area contributed by atoms with Gasteiger partial charge in [-0.25, -0.2) is 0 Å². The minimum atomic E-state index is 0. The second-order valence-corrected chi connectivity index (χ2v) is 5.65. The van der Waals surface area contributed by atoms with E-state index in [4.69, 9.17) is 0 Å². The second kappa shape index (κ2) is 9.82. The number of likely N-dealkylation sites (N-methyl/N-ethyl adjacent to an activating group) is 2. The molecule has 2 rings (SSSR count). The van der Waals surface area contributed by atoms with Crippen molar-refractivity contribution in [2.75, 3.05) is 33.2 Å². The van der Waals surface area contributed by atoms with Crippen LogP contribution in [0.1, 0.15) is 39.0 Å². The highest BCUT2D eigenvalue weighted by molar-refractivity contribution is 5.85. The summed E-state index contributed by atoms with van der Waals surface area (Å²) in [6, 6.07) is 0.646.